The molecule has 3 heterocycles. The van der Waals surface area contributed by atoms with Crippen molar-refractivity contribution < 1.29 is 23.9 Å². The molecule has 0 aliphatic carbocycles. The van der Waals surface area contributed by atoms with Crippen LogP contribution in [0.2, 0.25) is 5.02 Å². The van der Waals surface area contributed by atoms with Crippen LogP contribution in [0.1, 0.15) is 37.8 Å². The quantitative estimate of drug-likeness (QED) is 0.395. The van der Waals surface area contributed by atoms with Crippen molar-refractivity contribution in [2.75, 3.05) is 38.3 Å². The minimum atomic E-state index is -0.753. The molecular formula is C24H28ClN3O5S2. The molecule has 1 fully saturated rings. The molecule has 1 saturated heterocycles. The second-order valence-electron chi connectivity index (χ2n) is 9.15. The fourth-order valence-corrected chi connectivity index (χ4v) is 7.26. The summed E-state index contributed by atoms with van der Waals surface area (Å²) in [6, 6.07) is 5.55. The van der Waals surface area contributed by atoms with E-state index in [4.69, 9.17) is 21.1 Å². The number of hydrogen-bond acceptors (Lipinski definition) is 8. The summed E-state index contributed by atoms with van der Waals surface area (Å²) in [7, 11) is 1.37. The zero-order valence-electron chi connectivity index (χ0n) is 20.1. The highest BCUT2D eigenvalue weighted by Crippen LogP contribution is 2.47. The van der Waals surface area contributed by atoms with Crippen LogP contribution >= 0.6 is 34.7 Å². The maximum Gasteiger partial charge on any atom is 0.409 e. The van der Waals surface area contributed by atoms with Gasteiger partial charge in [-0.3, -0.25) is 9.59 Å². The summed E-state index contributed by atoms with van der Waals surface area (Å²) in [6.45, 7) is 7.23. The second kappa shape index (κ2) is 9.99. The Balaban J connectivity index is 1.50. The monoisotopic (exact) mass is 537 g/mol. The highest BCUT2D eigenvalue weighted by Gasteiger charge is 2.50. The number of amides is 2. The van der Waals surface area contributed by atoms with Crippen LogP contribution in [0.5, 0.6) is 0 Å². The highest BCUT2D eigenvalue weighted by atomic mass is 35.5. The Morgan fingerprint density at radius 3 is 2.77 bits per heavy atom. The van der Waals surface area contributed by atoms with E-state index >= 15 is 0 Å². The van der Waals surface area contributed by atoms with Crippen LogP contribution in [0.25, 0.3) is 0 Å². The Bertz CT molecular complexity index is 1150. The molecule has 0 bridgehead atoms. The molecule has 0 N–H and O–H groups in total. The maximum absolute atomic E-state index is 13.4. The predicted molar refractivity (Wildman–Crippen MR) is 136 cm³/mol. The van der Waals surface area contributed by atoms with Crippen LogP contribution in [-0.2, 0) is 30.9 Å². The first-order valence-electron chi connectivity index (χ1n) is 11.3. The average Bonchev–Trinajstić information content (AvgIpc) is 3.52. The lowest BCUT2D eigenvalue weighted by Crippen LogP contribution is -2.40. The Hall–Kier alpha value is -2.30. The molecule has 0 radical (unpaired) electrons. The predicted octanol–water partition coefficient (Wildman–Crippen LogP) is 4.53. The average molecular weight is 538 g/mol. The van der Waals surface area contributed by atoms with Crippen molar-refractivity contribution in [1.29, 1.82) is 0 Å². The fraction of sp³-hybridized carbons (Fsp3) is 0.500. The first-order valence-corrected chi connectivity index (χ1v) is 13.3. The lowest BCUT2D eigenvalue weighted by molar-refractivity contribution is -0.145. The van der Waals surface area contributed by atoms with Crippen LogP contribution < -0.4 is 4.90 Å². The van der Waals surface area contributed by atoms with Gasteiger partial charge in [-0.1, -0.05) is 23.4 Å². The van der Waals surface area contributed by atoms with Gasteiger partial charge >= 0.3 is 12.1 Å². The molecule has 8 nitrogen and oxygen atoms in total. The van der Waals surface area contributed by atoms with E-state index in [0.29, 0.717) is 36.3 Å². The number of esters is 1. The molecule has 2 aliphatic rings. The van der Waals surface area contributed by atoms with Crippen molar-refractivity contribution in [1.82, 2.24) is 9.88 Å². The second-order valence-corrected chi connectivity index (χ2v) is 12.6. The molecule has 1 spiro atoms. The van der Waals surface area contributed by atoms with E-state index in [1.165, 1.54) is 30.2 Å². The Labute approximate surface area is 217 Å². The van der Waals surface area contributed by atoms with Crippen molar-refractivity contribution in [3.63, 3.8) is 0 Å². The number of nitrogens with zero attached hydrogens (tertiary/aromatic N) is 3. The smallest absolute Gasteiger partial charge is 0.409 e. The third kappa shape index (κ3) is 5.15. The van der Waals surface area contributed by atoms with E-state index in [0.717, 1.165) is 21.9 Å². The molecule has 4 rings (SSSR count). The number of fused-ring (bicyclic) bond motifs is 2. The van der Waals surface area contributed by atoms with Gasteiger partial charge < -0.3 is 19.3 Å². The van der Waals surface area contributed by atoms with Gasteiger partial charge in [0, 0.05) is 35.8 Å². The van der Waals surface area contributed by atoms with Gasteiger partial charge in [-0.05, 0) is 51.0 Å². The van der Waals surface area contributed by atoms with E-state index in [-0.39, 0.29) is 29.8 Å². The van der Waals surface area contributed by atoms with Gasteiger partial charge in [0.15, 0.2) is 0 Å². The SMILES string of the molecule is CCOC(=O)C(C)(C)Sc1cnc(CC(=O)N2CC3(CCN(C(=O)OC)C3)c3cc(Cl)ccc32)s1. The van der Waals surface area contributed by atoms with Crippen LogP contribution in [0.4, 0.5) is 10.5 Å². The van der Waals surface area contributed by atoms with E-state index < -0.39 is 4.75 Å². The molecule has 1 atom stereocenters. The summed E-state index contributed by atoms with van der Waals surface area (Å²) >= 11 is 9.09. The Morgan fingerprint density at radius 1 is 1.29 bits per heavy atom. The molecule has 0 saturated carbocycles. The van der Waals surface area contributed by atoms with Gasteiger partial charge in [0.25, 0.3) is 0 Å². The van der Waals surface area contributed by atoms with Crippen LogP contribution in [0.3, 0.4) is 0 Å². The zero-order valence-corrected chi connectivity index (χ0v) is 22.5. The molecular weight excluding hydrogens is 510 g/mol. The number of rotatable bonds is 6. The van der Waals surface area contributed by atoms with Crippen molar-refractivity contribution >= 4 is 58.4 Å². The van der Waals surface area contributed by atoms with E-state index in [1.807, 2.05) is 26.0 Å². The number of carbonyl (C=O) groups excluding carboxylic acids is 3. The van der Waals surface area contributed by atoms with Crippen molar-refractivity contribution in [2.45, 2.75) is 48.0 Å². The number of aromatic nitrogens is 1. The van der Waals surface area contributed by atoms with Gasteiger partial charge in [-0.25, -0.2) is 9.78 Å². The topological polar surface area (TPSA) is 89.0 Å². The van der Waals surface area contributed by atoms with Gasteiger partial charge in [0.1, 0.15) is 9.75 Å². The minimum Gasteiger partial charge on any atom is -0.465 e. The lowest BCUT2D eigenvalue weighted by Gasteiger charge is -2.25. The standard InChI is InChI=1S/C24H28ClN3O5S2/c1-5-33-21(30)23(2,3)35-20-12-26-18(34-20)11-19(29)28-14-24(8-9-27(13-24)22(31)32-4)16-10-15(25)6-7-17(16)28/h6-7,10,12H,5,8-9,11,13-14H2,1-4H3. The molecule has 2 aromatic rings. The van der Waals surface area contributed by atoms with Crippen molar-refractivity contribution in [3.05, 3.63) is 40.0 Å². The first-order chi connectivity index (χ1) is 16.6. The third-order valence-corrected chi connectivity index (χ3v) is 8.84. The van der Waals surface area contributed by atoms with Crippen LogP contribution in [0.15, 0.2) is 28.6 Å². The summed E-state index contributed by atoms with van der Waals surface area (Å²) in [4.78, 5) is 45.7. The number of halogens is 1. The fourth-order valence-electron chi connectivity index (χ4n) is 4.62. The molecule has 1 unspecified atom stereocenters. The number of hydrogen-bond donors (Lipinski definition) is 0. The van der Waals surface area contributed by atoms with E-state index in [2.05, 4.69) is 4.98 Å². The van der Waals surface area contributed by atoms with Gasteiger partial charge in [0.2, 0.25) is 5.91 Å². The number of thiazole rings is 1. The van der Waals surface area contributed by atoms with Crippen LogP contribution in [0, 0.1) is 0 Å². The number of ether oxygens (including phenoxy) is 2. The molecule has 2 amide bonds. The summed E-state index contributed by atoms with van der Waals surface area (Å²) in [5.41, 5.74) is 1.43. The minimum absolute atomic E-state index is 0.0717. The molecule has 1 aromatic heterocycles. The van der Waals surface area contributed by atoms with Crippen molar-refractivity contribution in [2.24, 2.45) is 0 Å². The number of thioether (sulfide) groups is 1. The summed E-state index contributed by atoms with van der Waals surface area (Å²) < 4.78 is 10.2. The normalized spacial score (nSPS) is 19.2. The first kappa shape index (κ1) is 25.8. The van der Waals surface area contributed by atoms with Gasteiger partial charge in [-0.15, -0.1) is 11.3 Å². The number of likely N-dealkylation sites (tertiary alicyclic amines) is 1. The third-order valence-electron chi connectivity index (χ3n) is 6.33. The van der Waals surface area contributed by atoms with E-state index in [9.17, 15) is 14.4 Å². The van der Waals surface area contributed by atoms with E-state index in [1.54, 1.807) is 29.0 Å². The number of benzene rings is 1. The maximum atomic E-state index is 13.4. The zero-order chi connectivity index (χ0) is 25.4. The summed E-state index contributed by atoms with van der Waals surface area (Å²) in [5.74, 6) is -0.358. The Morgan fingerprint density at radius 2 is 2.06 bits per heavy atom. The lowest BCUT2D eigenvalue weighted by atomic mass is 9.81. The molecule has 1 aromatic carbocycles. The number of carbonyl (C=O) groups is 3. The largest absolute Gasteiger partial charge is 0.465 e. The van der Waals surface area contributed by atoms with Gasteiger partial charge in [0.05, 0.1) is 30.5 Å². The van der Waals surface area contributed by atoms with Gasteiger partial charge in [-0.2, -0.15) is 0 Å². The summed E-state index contributed by atoms with van der Waals surface area (Å²) in [5, 5.41) is 1.27. The number of methoxy groups -OCH3 is 1. The Kier molecular flexibility index (Phi) is 7.36. The number of anilines is 1. The molecule has 2 aliphatic heterocycles. The summed E-state index contributed by atoms with van der Waals surface area (Å²) in [6.07, 6.45) is 2.20. The molecule has 188 valence electrons. The van der Waals surface area contributed by atoms with Crippen molar-refractivity contribution in [3.8, 4) is 0 Å². The molecule has 35 heavy (non-hydrogen) atoms. The highest BCUT2D eigenvalue weighted by molar-refractivity contribution is 8.03. The van der Waals surface area contributed by atoms with Crippen LogP contribution in [-0.4, -0.2) is 66.0 Å². The molecule has 11 heteroatoms.